The van der Waals surface area contributed by atoms with Crippen LogP contribution in [0.2, 0.25) is 0 Å². The van der Waals surface area contributed by atoms with Gasteiger partial charge in [0.25, 0.3) is 0 Å². The first-order valence-corrected chi connectivity index (χ1v) is 8.39. The van der Waals surface area contributed by atoms with Crippen LogP contribution in [-0.4, -0.2) is 25.5 Å². The Bertz CT molecular complexity index is 849. The summed E-state index contributed by atoms with van der Waals surface area (Å²) in [6.07, 6.45) is 3.46. The van der Waals surface area contributed by atoms with E-state index >= 15 is 0 Å². The first-order valence-electron chi connectivity index (χ1n) is 8.39. The second-order valence-corrected chi connectivity index (χ2v) is 6.32. The number of amides is 1. The topological polar surface area (TPSA) is 64.7 Å². The summed E-state index contributed by atoms with van der Waals surface area (Å²) in [6.45, 7) is 7.83. The predicted octanol–water partition coefficient (Wildman–Crippen LogP) is 3.12. The minimum Gasteiger partial charge on any atom is -0.348 e. The van der Waals surface area contributed by atoms with Crippen LogP contribution in [0.4, 0.5) is 0 Å². The molecule has 0 saturated carbocycles. The SMILES string of the molecule is Cc1cc(C)n(-c2ccc(C(C)NC(=O)C(C)n3cccn3)cc2)n1. The van der Waals surface area contributed by atoms with Gasteiger partial charge in [0.15, 0.2) is 0 Å². The lowest BCUT2D eigenvalue weighted by molar-refractivity contribution is -0.124. The van der Waals surface area contributed by atoms with Crippen molar-refractivity contribution in [3.8, 4) is 5.69 Å². The fourth-order valence-electron chi connectivity index (χ4n) is 2.84. The van der Waals surface area contributed by atoms with Crippen LogP contribution >= 0.6 is 0 Å². The minimum absolute atomic E-state index is 0.0566. The van der Waals surface area contributed by atoms with Crippen LogP contribution in [0.5, 0.6) is 0 Å². The van der Waals surface area contributed by atoms with Crippen LogP contribution in [0.25, 0.3) is 5.69 Å². The van der Waals surface area contributed by atoms with E-state index in [4.69, 9.17) is 0 Å². The molecular formula is C19H23N5O. The number of aromatic nitrogens is 4. The fourth-order valence-corrected chi connectivity index (χ4v) is 2.84. The van der Waals surface area contributed by atoms with Crippen LogP contribution in [0.1, 0.15) is 42.9 Å². The quantitative estimate of drug-likeness (QED) is 0.778. The third-order valence-corrected chi connectivity index (χ3v) is 4.31. The molecule has 1 amide bonds. The third-order valence-electron chi connectivity index (χ3n) is 4.31. The minimum atomic E-state index is -0.341. The summed E-state index contributed by atoms with van der Waals surface area (Å²) in [7, 11) is 0. The molecule has 2 unspecified atom stereocenters. The number of carbonyl (C=O) groups excluding carboxylic acids is 1. The van der Waals surface area contributed by atoms with Gasteiger partial charge in [0.2, 0.25) is 5.91 Å². The molecule has 6 nitrogen and oxygen atoms in total. The van der Waals surface area contributed by atoms with E-state index in [1.165, 1.54) is 0 Å². The van der Waals surface area contributed by atoms with Gasteiger partial charge in [-0.3, -0.25) is 9.48 Å². The van der Waals surface area contributed by atoms with Gasteiger partial charge in [-0.2, -0.15) is 10.2 Å². The molecule has 0 aliphatic carbocycles. The molecule has 1 aromatic carbocycles. The summed E-state index contributed by atoms with van der Waals surface area (Å²) < 4.78 is 3.57. The third kappa shape index (κ3) is 3.63. The predicted molar refractivity (Wildman–Crippen MR) is 96.5 cm³/mol. The van der Waals surface area contributed by atoms with Crippen LogP contribution in [0.15, 0.2) is 48.8 Å². The Kier molecular flexibility index (Phi) is 4.70. The Balaban J connectivity index is 1.69. The van der Waals surface area contributed by atoms with Crippen LogP contribution in [0.3, 0.4) is 0 Å². The summed E-state index contributed by atoms with van der Waals surface area (Å²) in [5.41, 5.74) is 4.15. The summed E-state index contributed by atoms with van der Waals surface area (Å²) in [5.74, 6) is -0.0566. The number of nitrogens with zero attached hydrogens (tertiary/aromatic N) is 4. The number of rotatable bonds is 5. The highest BCUT2D eigenvalue weighted by molar-refractivity contribution is 5.80. The van der Waals surface area contributed by atoms with E-state index in [1.54, 1.807) is 17.1 Å². The molecule has 0 bridgehead atoms. The Labute approximate surface area is 147 Å². The maximum atomic E-state index is 12.4. The molecule has 3 aromatic rings. The molecule has 2 heterocycles. The second-order valence-electron chi connectivity index (χ2n) is 6.32. The van der Waals surface area contributed by atoms with Crippen molar-refractivity contribution in [2.75, 3.05) is 0 Å². The van der Waals surface area contributed by atoms with Crippen molar-refractivity contribution in [3.63, 3.8) is 0 Å². The van der Waals surface area contributed by atoms with E-state index < -0.39 is 0 Å². The van der Waals surface area contributed by atoms with Crippen molar-refractivity contribution < 1.29 is 4.79 Å². The Hall–Kier alpha value is -2.89. The highest BCUT2D eigenvalue weighted by Gasteiger charge is 2.18. The second kappa shape index (κ2) is 6.93. The Morgan fingerprint density at radius 2 is 1.88 bits per heavy atom. The molecule has 0 spiro atoms. The molecule has 2 atom stereocenters. The van der Waals surface area contributed by atoms with Gasteiger partial charge >= 0.3 is 0 Å². The number of hydrogen-bond acceptors (Lipinski definition) is 3. The summed E-state index contributed by atoms with van der Waals surface area (Å²) in [6, 6.07) is 11.5. The molecule has 2 aromatic heterocycles. The maximum Gasteiger partial charge on any atom is 0.245 e. The average molecular weight is 337 g/mol. The van der Waals surface area contributed by atoms with E-state index in [1.807, 2.05) is 68.8 Å². The largest absolute Gasteiger partial charge is 0.348 e. The van der Waals surface area contributed by atoms with Gasteiger partial charge in [0.1, 0.15) is 6.04 Å². The molecule has 25 heavy (non-hydrogen) atoms. The van der Waals surface area contributed by atoms with Crippen molar-refractivity contribution in [3.05, 3.63) is 65.7 Å². The van der Waals surface area contributed by atoms with Gasteiger partial charge in [-0.15, -0.1) is 0 Å². The molecule has 0 saturated heterocycles. The monoisotopic (exact) mass is 337 g/mol. The van der Waals surface area contributed by atoms with Gasteiger partial charge in [0.05, 0.1) is 17.4 Å². The summed E-state index contributed by atoms with van der Waals surface area (Å²) in [5, 5.41) is 11.6. The molecule has 0 radical (unpaired) electrons. The molecule has 3 rings (SSSR count). The van der Waals surface area contributed by atoms with E-state index in [9.17, 15) is 4.79 Å². The summed E-state index contributed by atoms with van der Waals surface area (Å²) in [4.78, 5) is 12.4. The zero-order chi connectivity index (χ0) is 18.0. The molecule has 0 aliphatic heterocycles. The number of hydrogen-bond donors (Lipinski definition) is 1. The lowest BCUT2D eigenvalue weighted by atomic mass is 10.1. The van der Waals surface area contributed by atoms with E-state index in [2.05, 4.69) is 15.5 Å². The van der Waals surface area contributed by atoms with Gasteiger partial charge in [-0.25, -0.2) is 4.68 Å². The molecule has 1 N–H and O–H groups in total. The Morgan fingerprint density at radius 3 is 2.44 bits per heavy atom. The summed E-state index contributed by atoms with van der Waals surface area (Å²) >= 11 is 0. The fraction of sp³-hybridized carbons (Fsp3) is 0.316. The zero-order valence-electron chi connectivity index (χ0n) is 15.0. The zero-order valence-corrected chi connectivity index (χ0v) is 15.0. The normalized spacial score (nSPS) is 13.4. The van der Waals surface area contributed by atoms with Gasteiger partial charge < -0.3 is 5.32 Å². The lowest BCUT2D eigenvalue weighted by Crippen LogP contribution is -2.33. The van der Waals surface area contributed by atoms with Crippen molar-refractivity contribution in [2.24, 2.45) is 0 Å². The first-order chi connectivity index (χ1) is 12.0. The lowest BCUT2D eigenvalue weighted by Gasteiger charge is -2.18. The van der Waals surface area contributed by atoms with Gasteiger partial charge in [-0.05, 0) is 57.5 Å². The average Bonchev–Trinajstić information content (AvgIpc) is 3.23. The standard InChI is InChI=1S/C19H23N5O/c1-13-12-14(2)24(22-13)18-8-6-17(7-9-18)15(3)21-19(25)16(4)23-11-5-10-20-23/h5-12,15-16H,1-4H3,(H,21,25). The Morgan fingerprint density at radius 1 is 1.16 bits per heavy atom. The number of aryl methyl sites for hydroxylation is 2. The number of benzene rings is 1. The van der Waals surface area contributed by atoms with E-state index in [0.29, 0.717) is 0 Å². The molecule has 0 fully saturated rings. The maximum absolute atomic E-state index is 12.4. The smallest absolute Gasteiger partial charge is 0.245 e. The highest BCUT2D eigenvalue weighted by atomic mass is 16.2. The van der Waals surface area contributed by atoms with Crippen molar-refractivity contribution >= 4 is 5.91 Å². The van der Waals surface area contributed by atoms with Crippen molar-refractivity contribution in [1.29, 1.82) is 0 Å². The van der Waals surface area contributed by atoms with Crippen molar-refractivity contribution in [2.45, 2.75) is 39.8 Å². The molecular weight excluding hydrogens is 314 g/mol. The number of nitrogens with one attached hydrogen (secondary N) is 1. The molecule has 0 aliphatic rings. The van der Waals surface area contributed by atoms with E-state index in [0.717, 1.165) is 22.6 Å². The van der Waals surface area contributed by atoms with Crippen LogP contribution < -0.4 is 5.32 Å². The number of carbonyl (C=O) groups is 1. The van der Waals surface area contributed by atoms with Crippen LogP contribution in [0, 0.1) is 13.8 Å². The molecule has 130 valence electrons. The van der Waals surface area contributed by atoms with Crippen LogP contribution in [-0.2, 0) is 4.79 Å². The van der Waals surface area contributed by atoms with Gasteiger partial charge in [0, 0.05) is 18.1 Å². The van der Waals surface area contributed by atoms with Crippen molar-refractivity contribution in [1.82, 2.24) is 24.9 Å². The first kappa shape index (κ1) is 17.0. The van der Waals surface area contributed by atoms with E-state index in [-0.39, 0.29) is 18.0 Å². The molecule has 6 heteroatoms. The highest BCUT2D eigenvalue weighted by Crippen LogP contribution is 2.18. The van der Waals surface area contributed by atoms with Gasteiger partial charge in [-0.1, -0.05) is 12.1 Å².